The molecule has 2 saturated heterocycles. The maximum atomic E-state index is 15.3. The number of nitrogens with one attached hydrogen (secondary N) is 1. The van der Waals surface area contributed by atoms with E-state index in [0.717, 1.165) is 5.01 Å². The first-order valence-corrected chi connectivity index (χ1v) is 16.2. The van der Waals surface area contributed by atoms with Crippen LogP contribution >= 0.6 is 23.2 Å². The van der Waals surface area contributed by atoms with Crippen LogP contribution in [0.15, 0.2) is 78.4 Å². The molecule has 3 aromatic rings. The maximum Gasteiger partial charge on any atom is 0.260 e. The van der Waals surface area contributed by atoms with Gasteiger partial charge >= 0.3 is 0 Å². The molecule has 248 valence electrons. The number of allylic oxidation sites excluding steroid dienone is 2. The van der Waals surface area contributed by atoms with Gasteiger partial charge in [-0.3, -0.25) is 29.8 Å². The zero-order valence-electron chi connectivity index (χ0n) is 25.6. The fourth-order valence-electron chi connectivity index (χ4n) is 8.18. The number of carbonyl (C=O) groups is 4. The lowest BCUT2D eigenvalue weighted by molar-refractivity contribution is -0.173. The smallest absolute Gasteiger partial charge is 0.260 e. The number of hydrazine groups is 1. The molecular weight excluding hydrogens is 661 g/mol. The Bertz CT molecular complexity index is 1870. The van der Waals surface area contributed by atoms with Crippen molar-refractivity contribution in [2.45, 2.75) is 24.2 Å². The summed E-state index contributed by atoms with van der Waals surface area (Å²) in [7, 11) is 1.53. The number of rotatable bonds is 8. The number of halogens is 2. The van der Waals surface area contributed by atoms with Crippen LogP contribution in [0.5, 0.6) is 11.5 Å². The molecule has 7 rings (SSSR count). The third-order valence-corrected chi connectivity index (χ3v) is 10.7. The second kappa shape index (κ2) is 12.2. The molecule has 4 aliphatic rings. The van der Waals surface area contributed by atoms with E-state index in [0.29, 0.717) is 33.2 Å². The highest BCUT2D eigenvalue weighted by Crippen LogP contribution is 2.65. The lowest BCUT2D eigenvalue weighted by Gasteiger charge is -2.50. The van der Waals surface area contributed by atoms with E-state index in [-0.39, 0.29) is 41.8 Å². The molecule has 2 aliphatic carbocycles. The van der Waals surface area contributed by atoms with Gasteiger partial charge in [-0.25, -0.2) is 0 Å². The van der Waals surface area contributed by atoms with Crippen molar-refractivity contribution in [2.24, 2.45) is 23.7 Å². The van der Waals surface area contributed by atoms with Gasteiger partial charge in [-0.15, -0.1) is 0 Å². The molecule has 4 amide bonds. The summed E-state index contributed by atoms with van der Waals surface area (Å²) in [4.78, 5) is 56.4. The minimum absolute atomic E-state index is 0.0298. The highest BCUT2D eigenvalue weighted by atomic mass is 35.5. The summed E-state index contributed by atoms with van der Waals surface area (Å²) < 4.78 is 11.4. The summed E-state index contributed by atoms with van der Waals surface area (Å²) in [5.41, 5.74) is 3.42. The van der Waals surface area contributed by atoms with E-state index in [2.05, 4.69) is 5.43 Å². The zero-order valence-corrected chi connectivity index (χ0v) is 27.1. The predicted octanol–water partition coefficient (Wildman–Crippen LogP) is 4.75. The molecule has 0 aromatic heterocycles. The van der Waals surface area contributed by atoms with Gasteiger partial charge in [0, 0.05) is 16.5 Å². The Labute approximate surface area is 285 Å². The van der Waals surface area contributed by atoms with Crippen LogP contribution in [0.25, 0.3) is 0 Å². The molecular formula is C35H31Cl2N3O8. The molecule has 3 fully saturated rings. The predicted molar refractivity (Wildman–Crippen MR) is 173 cm³/mol. The minimum atomic E-state index is -1.58. The number of ether oxygens (including phenoxy) is 2. The van der Waals surface area contributed by atoms with Gasteiger partial charge in [0.1, 0.15) is 18.1 Å². The van der Waals surface area contributed by atoms with Crippen LogP contribution in [0.3, 0.4) is 0 Å². The van der Waals surface area contributed by atoms with E-state index in [1.165, 1.54) is 13.2 Å². The van der Waals surface area contributed by atoms with E-state index < -0.39 is 58.6 Å². The largest absolute Gasteiger partial charge is 0.497 e. The summed E-state index contributed by atoms with van der Waals surface area (Å²) in [6.07, 6.45) is 2.07. The first kappa shape index (κ1) is 32.1. The number of methoxy groups -OCH3 is 1. The third kappa shape index (κ3) is 4.71. The van der Waals surface area contributed by atoms with Gasteiger partial charge in [0.15, 0.2) is 0 Å². The Kier molecular flexibility index (Phi) is 8.19. The summed E-state index contributed by atoms with van der Waals surface area (Å²) in [6.45, 7) is -0.293. The van der Waals surface area contributed by atoms with Crippen molar-refractivity contribution >= 4 is 52.5 Å². The molecule has 2 heterocycles. The van der Waals surface area contributed by atoms with Crippen molar-refractivity contribution in [3.63, 3.8) is 0 Å². The number of hydrogen-bond acceptors (Lipinski definition) is 9. The van der Waals surface area contributed by atoms with Crippen molar-refractivity contribution in [3.8, 4) is 11.5 Å². The highest BCUT2D eigenvalue weighted by molar-refractivity contribution is 6.36. The van der Waals surface area contributed by atoms with Gasteiger partial charge in [0.2, 0.25) is 0 Å². The number of benzene rings is 3. The van der Waals surface area contributed by atoms with Crippen LogP contribution in [0.1, 0.15) is 29.9 Å². The van der Waals surface area contributed by atoms with E-state index in [1.54, 1.807) is 60.7 Å². The van der Waals surface area contributed by atoms with Crippen LogP contribution in [0.4, 0.5) is 5.69 Å². The molecule has 3 aromatic carbocycles. The molecule has 0 radical (unpaired) electrons. The van der Waals surface area contributed by atoms with Crippen molar-refractivity contribution < 1.29 is 39.0 Å². The number of nitrogens with zero attached hydrogens (tertiary/aromatic N) is 2. The number of hydrogen-bond donors (Lipinski definition) is 3. The second-order valence-corrected chi connectivity index (χ2v) is 13.2. The summed E-state index contributed by atoms with van der Waals surface area (Å²) in [5, 5.41) is 21.8. The Hall–Kier alpha value is -4.42. The average Bonchev–Trinajstić information content (AvgIpc) is 3.45. The number of aliphatic hydroxyl groups excluding tert-OH is 1. The maximum absolute atomic E-state index is 15.3. The SMILES string of the molecule is COc1ccc(C23C(=O)N(Nc4ccc(Cl)cc4Cl)C(=O)C2CC2C(=CCC4C(=O)N(O)C(=O)C42)C3c2ccccc2OCCO)cc1. The standard InChI is InChI=1S/C35H31Cl2N3O8/c1-47-20-9-6-18(7-10-20)35-25(32(43)39(34(35)45)38-27-13-8-19(36)16-26(27)37)17-24-21(11-12-23-29(24)33(44)40(46)31(23)42)30(35)22-4-2-3-5-28(22)48-15-14-41/h2-11,13,16,23-25,29-30,38,41,46H,12,14-15,17H2,1H3. The van der Waals surface area contributed by atoms with Crippen LogP contribution in [-0.4, -0.2) is 64.3 Å². The average molecular weight is 693 g/mol. The van der Waals surface area contributed by atoms with Crippen molar-refractivity contribution in [1.82, 2.24) is 10.1 Å². The van der Waals surface area contributed by atoms with Crippen LogP contribution in [0.2, 0.25) is 10.0 Å². The first-order valence-electron chi connectivity index (χ1n) is 15.5. The Balaban J connectivity index is 1.48. The van der Waals surface area contributed by atoms with Crippen LogP contribution < -0.4 is 14.9 Å². The first-order chi connectivity index (χ1) is 23.1. The van der Waals surface area contributed by atoms with Crippen LogP contribution in [0, 0.1) is 23.7 Å². The molecule has 13 heteroatoms. The fraction of sp³-hybridized carbons (Fsp3) is 0.314. The fourth-order valence-corrected chi connectivity index (χ4v) is 8.63. The number of hydroxylamine groups is 2. The van der Waals surface area contributed by atoms with E-state index in [1.807, 2.05) is 6.08 Å². The molecule has 6 unspecified atom stereocenters. The number of fused-ring (bicyclic) bond motifs is 4. The Morgan fingerprint density at radius 3 is 2.42 bits per heavy atom. The van der Waals surface area contributed by atoms with Crippen molar-refractivity contribution in [2.75, 3.05) is 25.7 Å². The molecule has 2 aliphatic heterocycles. The quantitative estimate of drug-likeness (QED) is 0.173. The molecule has 0 spiro atoms. The third-order valence-electron chi connectivity index (χ3n) is 10.1. The van der Waals surface area contributed by atoms with E-state index >= 15 is 4.79 Å². The van der Waals surface area contributed by atoms with Gasteiger partial charge in [-0.2, -0.15) is 10.1 Å². The van der Waals surface area contributed by atoms with Crippen molar-refractivity contribution in [1.29, 1.82) is 0 Å². The molecule has 0 bridgehead atoms. The summed E-state index contributed by atoms with van der Waals surface area (Å²) >= 11 is 12.6. The number of aliphatic hydroxyl groups is 1. The van der Waals surface area contributed by atoms with Gasteiger partial charge in [-0.1, -0.05) is 65.2 Å². The number of carbonyl (C=O) groups excluding carboxylic acids is 4. The monoisotopic (exact) mass is 691 g/mol. The second-order valence-electron chi connectivity index (χ2n) is 12.3. The number of para-hydroxylation sites is 1. The Morgan fingerprint density at radius 1 is 0.958 bits per heavy atom. The molecule has 3 N–H and O–H groups in total. The molecule has 6 atom stereocenters. The van der Waals surface area contributed by atoms with Gasteiger partial charge in [-0.05, 0) is 60.7 Å². The minimum Gasteiger partial charge on any atom is -0.497 e. The number of anilines is 1. The number of amides is 4. The van der Waals surface area contributed by atoms with Gasteiger partial charge in [0.25, 0.3) is 23.6 Å². The Morgan fingerprint density at radius 2 is 1.71 bits per heavy atom. The van der Waals surface area contributed by atoms with E-state index in [4.69, 9.17) is 32.7 Å². The van der Waals surface area contributed by atoms with Crippen molar-refractivity contribution in [3.05, 3.63) is 99.6 Å². The highest BCUT2D eigenvalue weighted by Gasteiger charge is 2.70. The summed E-state index contributed by atoms with van der Waals surface area (Å²) in [6, 6.07) is 18.7. The number of imide groups is 2. The normalized spacial score (nSPS) is 27.8. The lowest BCUT2D eigenvalue weighted by Crippen LogP contribution is -2.53. The van der Waals surface area contributed by atoms with Gasteiger partial charge < -0.3 is 14.6 Å². The molecule has 48 heavy (non-hydrogen) atoms. The summed E-state index contributed by atoms with van der Waals surface area (Å²) in [5.74, 6) is -5.92. The molecule has 11 nitrogen and oxygen atoms in total. The lowest BCUT2D eigenvalue weighted by atomic mass is 9.49. The zero-order chi connectivity index (χ0) is 33.9. The van der Waals surface area contributed by atoms with Crippen LogP contribution in [-0.2, 0) is 24.6 Å². The topological polar surface area (TPSA) is 146 Å². The van der Waals surface area contributed by atoms with Gasteiger partial charge in [0.05, 0.1) is 47.6 Å². The molecule has 1 saturated carbocycles. The van der Waals surface area contributed by atoms with E-state index in [9.17, 15) is 24.7 Å².